The van der Waals surface area contributed by atoms with Gasteiger partial charge in [-0.25, -0.2) is 0 Å². The van der Waals surface area contributed by atoms with E-state index in [1.165, 1.54) is 87.5 Å². The van der Waals surface area contributed by atoms with E-state index in [1.807, 2.05) is 0 Å². The largest absolute Gasteiger partial charge is 0.310 e. The summed E-state index contributed by atoms with van der Waals surface area (Å²) in [5, 5.41) is 9.94. The molecule has 0 aliphatic rings. The molecule has 0 atom stereocenters. The minimum Gasteiger partial charge on any atom is -0.310 e. The van der Waals surface area contributed by atoms with Gasteiger partial charge in [-0.1, -0.05) is 176 Å². The van der Waals surface area contributed by atoms with Gasteiger partial charge in [-0.15, -0.1) is 0 Å². The molecule has 11 aromatic carbocycles. The van der Waals surface area contributed by atoms with Crippen molar-refractivity contribution in [3.63, 3.8) is 0 Å². The van der Waals surface area contributed by atoms with Crippen molar-refractivity contribution in [2.24, 2.45) is 0 Å². The molecule has 12 aromatic rings. The molecule has 2 nitrogen and oxygen atoms in total. The van der Waals surface area contributed by atoms with Crippen LogP contribution in [-0.2, 0) is 0 Å². The lowest BCUT2D eigenvalue weighted by Crippen LogP contribution is -2.10. The molecule has 1 aromatic heterocycles. The van der Waals surface area contributed by atoms with E-state index in [0.717, 1.165) is 22.7 Å². The Morgan fingerprint density at radius 1 is 0.274 bits per heavy atom. The van der Waals surface area contributed by atoms with Gasteiger partial charge in [0.25, 0.3) is 0 Å². The van der Waals surface area contributed by atoms with Gasteiger partial charge in [0.05, 0.1) is 11.0 Å². The van der Waals surface area contributed by atoms with Crippen molar-refractivity contribution >= 4 is 71.2 Å². The Morgan fingerprint density at radius 3 is 1.63 bits per heavy atom. The van der Waals surface area contributed by atoms with Gasteiger partial charge >= 0.3 is 0 Å². The fourth-order valence-corrected chi connectivity index (χ4v) is 9.64. The minimum absolute atomic E-state index is 1.09. The summed E-state index contributed by atoms with van der Waals surface area (Å²) in [6.45, 7) is 0. The average molecular weight is 789 g/mol. The number of rotatable bonds is 7. The highest BCUT2D eigenvalue weighted by Gasteiger charge is 2.20. The van der Waals surface area contributed by atoms with Crippen molar-refractivity contribution in [3.05, 3.63) is 243 Å². The summed E-state index contributed by atoms with van der Waals surface area (Å²) in [7, 11) is 0. The molecule has 62 heavy (non-hydrogen) atoms. The summed E-state index contributed by atoms with van der Waals surface area (Å²) < 4.78 is 2.42. The standard InChI is InChI=1S/C60H40N2/c1-3-15-41(16-4-1)52-25-11-12-26-54(52)43-31-33-49(34-32-43)61(51-35-36-55-47(38-51)30-29-42-17-9-10-24-53(42)55)50-23-13-20-46(37-50)56-27-14-28-58-60(56)57-39-44-18-7-8-19-45(44)40-59(57)62(58)48-21-5-2-6-22-48/h1-40H. The number of nitrogens with zero attached hydrogens (tertiary/aromatic N) is 2. The third-order valence-corrected chi connectivity index (χ3v) is 12.5. The summed E-state index contributed by atoms with van der Waals surface area (Å²) in [5.74, 6) is 0. The van der Waals surface area contributed by atoms with Crippen molar-refractivity contribution in [1.82, 2.24) is 4.57 Å². The lowest BCUT2D eigenvalue weighted by atomic mass is 9.94. The lowest BCUT2D eigenvalue weighted by Gasteiger charge is -2.27. The Labute approximate surface area is 360 Å². The molecule has 0 saturated carbocycles. The lowest BCUT2D eigenvalue weighted by molar-refractivity contribution is 1.18. The van der Waals surface area contributed by atoms with E-state index >= 15 is 0 Å². The molecule has 0 fully saturated rings. The Kier molecular flexibility index (Phi) is 8.53. The van der Waals surface area contributed by atoms with E-state index in [9.17, 15) is 0 Å². The van der Waals surface area contributed by atoms with Gasteiger partial charge in [-0.3, -0.25) is 0 Å². The van der Waals surface area contributed by atoms with E-state index in [-0.39, 0.29) is 0 Å². The maximum atomic E-state index is 2.42. The highest BCUT2D eigenvalue weighted by atomic mass is 15.1. The molecule has 0 saturated heterocycles. The molecule has 0 radical (unpaired) electrons. The van der Waals surface area contributed by atoms with Gasteiger partial charge in [0.2, 0.25) is 0 Å². The second-order valence-electron chi connectivity index (χ2n) is 16.1. The van der Waals surface area contributed by atoms with Crippen LogP contribution in [0, 0.1) is 0 Å². The first-order valence-electron chi connectivity index (χ1n) is 21.3. The molecule has 0 spiro atoms. The van der Waals surface area contributed by atoms with Crippen LogP contribution in [0.15, 0.2) is 243 Å². The summed E-state index contributed by atoms with van der Waals surface area (Å²) in [6, 6.07) is 88.5. The molecule has 0 amide bonds. The monoisotopic (exact) mass is 788 g/mol. The number of hydrogen-bond acceptors (Lipinski definition) is 1. The van der Waals surface area contributed by atoms with Crippen LogP contribution in [0.1, 0.15) is 0 Å². The number of para-hydroxylation sites is 1. The number of anilines is 3. The SMILES string of the molecule is c1ccc(-c2ccccc2-c2ccc(N(c3cccc(-c4cccc5c4c4cc6ccccc6cc4n5-c4ccccc4)c3)c3ccc4c(ccc5ccccc54)c3)cc2)cc1. The molecule has 0 N–H and O–H groups in total. The average Bonchev–Trinajstić information content (AvgIpc) is 3.67. The van der Waals surface area contributed by atoms with Crippen LogP contribution in [0.3, 0.4) is 0 Å². The van der Waals surface area contributed by atoms with Gasteiger partial charge in [0.15, 0.2) is 0 Å². The van der Waals surface area contributed by atoms with Gasteiger partial charge < -0.3 is 9.47 Å². The summed E-state index contributed by atoms with van der Waals surface area (Å²) in [6.07, 6.45) is 0. The van der Waals surface area contributed by atoms with Gasteiger partial charge in [-0.05, 0) is 132 Å². The molecular formula is C60H40N2. The first-order chi connectivity index (χ1) is 30.7. The van der Waals surface area contributed by atoms with Crippen LogP contribution in [0.5, 0.6) is 0 Å². The first kappa shape index (κ1) is 35.7. The van der Waals surface area contributed by atoms with Crippen LogP contribution in [0.2, 0.25) is 0 Å². The van der Waals surface area contributed by atoms with Crippen molar-refractivity contribution in [2.45, 2.75) is 0 Å². The second-order valence-corrected chi connectivity index (χ2v) is 16.1. The molecule has 0 unspecified atom stereocenters. The van der Waals surface area contributed by atoms with E-state index in [2.05, 4.69) is 252 Å². The maximum absolute atomic E-state index is 2.42. The van der Waals surface area contributed by atoms with Crippen molar-refractivity contribution < 1.29 is 0 Å². The molecule has 12 rings (SSSR count). The quantitative estimate of drug-likeness (QED) is 0.146. The van der Waals surface area contributed by atoms with Crippen molar-refractivity contribution in [1.29, 1.82) is 0 Å². The second kappa shape index (κ2) is 14.8. The van der Waals surface area contributed by atoms with E-state index in [0.29, 0.717) is 0 Å². The molecule has 0 aliphatic carbocycles. The molecule has 2 heteroatoms. The molecule has 290 valence electrons. The summed E-state index contributed by atoms with van der Waals surface area (Å²) in [4.78, 5) is 2.41. The number of aromatic nitrogens is 1. The summed E-state index contributed by atoms with van der Waals surface area (Å²) in [5.41, 5.74) is 14.0. The predicted octanol–water partition coefficient (Wildman–Crippen LogP) is 16.7. The molecule has 0 bridgehead atoms. The zero-order valence-corrected chi connectivity index (χ0v) is 34.0. The predicted molar refractivity (Wildman–Crippen MR) is 264 cm³/mol. The van der Waals surface area contributed by atoms with Crippen LogP contribution in [-0.4, -0.2) is 4.57 Å². The topological polar surface area (TPSA) is 8.17 Å². The zero-order chi connectivity index (χ0) is 41.0. The Bertz CT molecular complexity index is 3620. The minimum atomic E-state index is 1.09. The Hall–Kier alpha value is -8.20. The molecule has 0 aliphatic heterocycles. The van der Waals surface area contributed by atoms with E-state index in [4.69, 9.17) is 0 Å². The smallest absolute Gasteiger partial charge is 0.0547 e. The zero-order valence-electron chi connectivity index (χ0n) is 34.0. The van der Waals surface area contributed by atoms with Gasteiger partial charge in [0, 0.05) is 33.5 Å². The van der Waals surface area contributed by atoms with Crippen molar-refractivity contribution in [2.75, 3.05) is 4.90 Å². The third-order valence-electron chi connectivity index (χ3n) is 12.5. The maximum Gasteiger partial charge on any atom is 0.0547 e. The molecular weight excluding hydrogens is 749 g/mol. The fraction of sp³-hybridized carbons (Fsp3) is 0. The highest BCUT2D eigenvalue weighted by molar-refractivity contribution is 6.19. The Morgan fingerprint density at radius 2 is 0.839 bits per heavy atom. The summed E-state index contributed by atoms with van der Waals surface area (Å²) >= 11 is 0. The van der Waals surface area contributed by atoms with Crippen LogP contribution in [0.4, 0.5) is 17.1 Å². The number of hydrogen-bond donors (Lipinski definition) is 0. The van der Waals surface area contributed by atoms with Gasteiger partial charge in [-0.2, -0.15) is 0 Å². The first-order valence-corrected chi connectivity index (χ1v) is 21.3. The highest BCUT2D eigenvalue weighted by Crippen LogP contribution is 2.44. The van der Waals surface area contributed by atoms with E-state index < -0.39 is 0 Å². The Balaban J connectivity index is 1.04. The van der Waals surface area contributed by atoms with Crippen LogP contribution < -0.4 is 4.90 Å². The molecule has 1 heterocycles. The normalized spacial score (nSPS) is 11.5. The van der Waals surface area contributed by atoms with Crippen LogP contribution >= 0.6 is 0 Å². The van der Waals surface area contributed by atoms with Crippen LogP contribution in [0.25, 0.3) is 93.2 Å². The van der Waals surface area contributed by atoms with E-state index in [1.54, 1.807) is 0 Å². The van der Waals surface area contributed by atoms with Gasteiger partial charge in [0.1, 0.15) is 0 Å². The number of benzene rings is 11. The third kappa shape index (κ3) is 6.04. The number of fused-ring (bicyclic) bond motifs is 7. The van der Waals surface area contributed by atoms with Crippen molar-refractivity contribution in [3.8, 4) is 39.1 Å². The fourth-order valence-electron chi connectivity index (χ4n) is 9.64.